The summed E-state index contributed by atoms with van der Waals surface area (Å²) >= 11 is 6.15. The molecule has 2 aromatic carbocycles. The van der Waals surface area contributed by atoms with Crippen molar-refractivity contribution in [1.29, 1.82) is 0 Å². The standard InChI is InChI=1S/C19H18ClN3O3/c20-15-6-1-2-7-16(15)23-11-14(9-17(23)24)19(26)22-10-12-4-3-5-13(8-12)18(21)25/h1-8,14H,9-11H2,(H2,21,25)(H,22,26). The summed E-state index contributed by atoms with van der Waals surface area (Å²) < 4.78 is 0. The normalized spacial score (nSPS) is 16.6. The van der Waals surface area contributed by atoms with Crippen LogP contribution in [-0.2, 0) is 16.1 Å². The van der Waals surface area contributed by atoms with E-state index in [9.17, 15) is 14.4 Å². The molecule has 26 heavy (non-hydrogen) atoms. The van der Waals surface area contributed by atoms with Crippen LogP contribution in [0.25, 0.3) is 0 Å². The van der Waals surface area contributed by atoms with Crippen LogP contribution in [0.5, 0.6) is 0 Å². The number of nitrogens with one attached hydrogen (secondary N) is 1. The lowest BCUT2D eigenvalue weighted by atomic mass is 10.1. The van der Waals surface area contributed by atoms with E-state index in [1.54, 1.807) is 53.4 Å². The average Bonchev–Trinajstić information content (AvgIpc) is 3.02. The summed E-state index contributed by atoms with van der Waals surface area (Å²) in [6, 6.07) is 13.8. The SMILES string of the molecule is NC(=O)c1cccc(CNC(=O)C2CC(=O)N(c3ccccc3Cl)C2)c1. The van der Waals surface area contributed by atoms with Crippen molar-refractivity contribution in [3.8, 4) is 0 Å². The molecular weight excluding hydrogens is 354 g/mol. The molecule has 3 amide bonds. The third kappa shape index (κ3) is 3.86. The predicted molar refractivity (Wildman–Crippen MR) is 98.7 cm³/mol. The second-order valence-electron chi connectivity index (χ2n) is 6.14. The molecule has 6 nitrogen and oxygen atoms in total. The molecule has 3 rings (SSSR count). The topological polar surface area (TPSA) is 92.5 Å². The Morgan fingerprint density at radius 1 is 1.19 bits per heavy atom. The average molecular weight is 372 g/mol. The quantitative estimate of drug-likeness (QED) is 0.843. The highest BCUT2D eigenvalue weighted by atomic mass is 35.5. The second kappa shape index (κ2) is 7.58. The molecule has 7 heteroatoms. The van der Waals surface area contributed by atoms with Crippen LogP contribution in [0.15, 0.2) is 48.5 Å². The van der Waals surface area contributed by atoms with Crippen LogP contribution in [-0.4, -0.2) is 24.3 Å². The first kappa shape index (κ1) is 17.9. The monoisotopic (exact) mass is 371 g/mol. The lowest BCUT2D eigenvalue weighted by Crippen LogP contribution is -2.32. The summed E-state index contributed by atoms with van der Waals surface area (Å²) in [5.74, 6) is -1.31. The maximum Gasteiger partial charge on any atom is 0.248 e. The Bertz CT molecular complexity index is 869. The van der Waals surface area contributed by atoms with Crippen molar-refractivity contribution in [2.75, 3.05) is 11.4 Å². The van der Waals surface area contributed by atoms with Gasteiger partial charge in [-0.3, -0.25) is 14.4 Å². The van der Waals surface area contributed by atoms with E-state index in [1.807, 2.05) is 0 Å². The Morgan fingerprint density at radius 3 is 2.69 bits per heavy atom. The van der Waals surface area contributed by atoms with Crippen LogP contribution in [0, 0.1) is 5.92 Å². The molecule has 0 spiro atoms. The van der Waals surface area contributed by atoms with Crippen molar-refractivity contribution in [2.24, 2.45) is 11.7 Å². The van der Waals surface area contributed by atoms with Crippen LogP contribution in [0.2, 0.25) is 5.02 Å². The van der Waals surface area contributed by atoms with E-state index in [0.29, 0.717) is 16.3 Å². The molecule has 1 aliphatic heterocycles. The van der Waals surface area contributed by atoms with E-state index in [0.717, 1.165) is 5.56 Å². The van der Waals surface area contributed by atoms with Crippen molar-refractivity contribution in [2.45, 2.75) is 13.0 Å². The van der Waals surface area contributed by atoms with Crippen molar-refractivity contribution in [3.63, 3.8) is 0 Å². The lowest BCUT2D eigenvalue weighted by molar-refractivity contribution is -0.126. The Morgan fingerprint density at radius 2 is 1.96 bits per heavy atom. The summed E-state index contributed by atoms with van der Waals surface area (Å²) in [7, 11) is 0. The fourth-order valence-corrected chi connectivity index (χ4v) is 3.19. The maximum absolute atomic E-state index is 12.4. The molecule has 1 heterocycles. The highest BCUT2D eigenvalue weighted by Gasteiger charge is 2.35. The Balaban J connectivity index is 1.63. The summed E-state index contributed by atoms with van der Waals surface area (Å²) in [5, 5.41) is 3.29. The van der Waals surface area contributed by atoms with Gasteiger partial charge in [-0.15, -0.1) is 0 Å². The zero-order chi connectivity index (χ0) is 18.7. The zero-order valence-corrected chi connectivity index (χ0v) is 14.7. The Hall–Kier alpha value is -2.86. The molecule has 3 N–H and O–H groups in total. The summed E-state index contributed by atoms with van der Waals surface area (Å²) in [5.41, 5.74) is 7.02. The van der Waals surface area contributed by atoms with Crippen LogP contribution >= 0.6 is 11.6 Å². The molecule has 0 saturated carbocycles. The zero-order valence-electron chi connectivity index (χ0n) is 13.9. The molecule has 1 fully saturated rings. The fourth-order valence-electron chi connectivity index (χ4n) is 2.95. The maximum atomic E-state index is 12.4. The molecule has 1 unspecified atom stereocenters. The van der Waals surface area contributed by atoms with E-state index in [-0.39, 0.29) is 31.3 Å². The van der Waals surface area contributed by atoms with Crippen LogP contribution < -0.4 is 16.0 Å². The van der Waals surface area contributed by atoms with Gasteiger partial charge in [0.25, 0.3) is 0 Å². The third-order valence-corrected chi connectivity index (χ3v) is 4.64. The number of anilines is 1. The minimum absolute atomic E-state index is 0.131. The van der Waals surface area contributed by atoms with Gasteiger partial charge in [-0.1, -0.05) is 35.9 Å². The second-order valence-corrected chi connectivity index (χ2v) is 6.55. The molecule has 2 aromatic rings. The van der Waals surface area contributed by atoms with Crippen molar-refractivity contribution in [1.82, 2.24) is 5.32 Å². The Kier molecular flexibility index (Phi) is 5.23. The lowest BCUT2D eigenvalue weighted by Gasteiger charge is -2.18. The number of halogens is 1. The molecule has 1 saturated heterocycles. The van der Waals surface area contributed by atoms with Gasteiger partial charge in [-0.25, -0.2) is 0 Å². The molecule has 134 valence electrons. The van der Waals surface area contributed by atoms with Gasteiger partial charge in [0, 0.05) is 25.1 Å². The number of carbonyl (C=O) groups is 3. The third-order valence-electron chi connectivity index (χ3n) is 4.32. The molecule has 0 bridgehead atoms. The van der Waals surface area contributed by atoms with E-state index in [1.165, 1.54) is 0 Å². The van der Waals surface area contributed by atoms with E-state index in [4.69, 9.17) is 17.3 Å². The largest absolute Gasteiger partial charge is 0.366 e. The van der Waals surface area contributed by atoms with Gasteiger partial charge in [0.15, 0.2) is 0 Å². The minimum atomic E-state index is -0.519. The summed E-state index contributed by atoms with van der Waals surface area (Å²) in [6.45, 7) is 0.548. The highest BCUT2D eigenvalue weighted by molar-refractivity contribution is 6.33. The number of hydrogen-bond donors (Lipinski definition) is 2. The molecule has 1 aliphatic rings. The van der Waals surface area contributed by atoms with Crippen molar-refractivity contribution < 1.29 is 14.4 Å². The number of para-hydroxylation sites is 1. The molecule has 0 aliphatic carbocycles. The number of primary amides is 1. The molecule has 1 atom stereocenters. The fraction of sp³-hybridized carbons (Fsp3) is 0.211. The van der Waals surface area contributed by atoms with Gasteiger partial charge in [0.2, 0.25) is 17.7 Å². The number of amides is 3. The van der Waals surface area contributed by atoms with Gasteiger partial charge in [0.1, 0.15) is 0 Å². The van der Waals surface area contributed by atoms with Crippen molar-refractivity contribution in [3.05, 3.63) is 64.7 Å². The number of carbonyl (C=O) groups excluding carboxylic acids is 3. The first-order valence-electron chi connectivity index (χ1n) is 8.17. The summed E-state index contributed by atoms with van der Waals surface area (Å²) in [4.78, 5) is 37.5. The molecular formula is C19H18ClN3O3. The summed E-state index contributed by atoms with van der Waals surface area (Å²) in [6.07, 6.45) is 0.137. The highest BCUT2D eigenvalue weighted by Crippen LogP contribution is 2.31. The van der Waals surface area contributed by atoms with Gasteiger partial charge < -0.3 is 16.0 Å². The molecule has 0 radical (unpaired) electrons. The minimum Gasteiger partial charge on any atom is -0.366 e. The van der Waals surface area contributed by atoms with Crippen LogP contribution in [0.4, 0.5) is 5.69 Å². The van der Waals surface area contributed by atoms with E-state index >= 15 is 0 Å². The van der Waals surface area contributed by atoms with Crippen LogP contribution in [0.3, 0.4) is 0 Å². The van der Waals surface area contributed by atoms with Crippen LogP contribution in [0.1, 0.15) is 22.3 Å². The number of hydrogen-bond acceptors (Lipinski definition) is 3. The first-order chi connectivity index (χ1) is 12.5. The van der Waals surface area contributed by atoms with Gasteiger partial charge in [-0.2, -0.15) is 0 Å². The van der Waals surface area contributed by atoms with Gasteiger partial charge in [-0.05, 0) is 29.8 Å². The number of nitrogens with two attached hydrogens (primary N) is 1. The van der Waals surface area contributed by atoms with Gasteiger partial charge in [0.05, 0.1) is 16.6 Å². The van der Waals surface area contributed by atoms with E-state index in [2.05, 4.69) is 5.32 Å². The molecule has 0 aromatic heterocycles. The smallest absolute Gasteiger partial charge is 0.248 e. The predicted octanol–water partition coefficient (Wildman–Crippen LogP) is 2.11. The number of rotatable bonds is 5. The number of nitrogens with zero attached hydrogens (tertiary/aromatic N) is 1. The van der Waals surface area contributed by atoms with Crippen molar-refractivity contribution >= 4 is 35.0 Å². The van der Waals surface area contributed by atoms with E-state index < -0.39 is 11.8 Å². The van der Waals surface area contributed by atoms with Gasteiger partial charge >= 0.3 is 0 Å². The number of benzene rings is 2. The Labute approximate surface area is 155 Å². The first-order valence-corrected chi connectivity index (χ1v) is 8.55.